The summed E-state index contributed by atoms with van der Waals surface area (Å²) in [6.45, 7) is 5.04. The number of nitrogens with one attached hydrogen (secondary N) is 2. The Balaban J connectivity index is 0.000000980. The molecular weight excluding hydrogens is 172 g/mol. The molecule has 0 bridgehead atoms. The molecule has 2 rings (SSSR count). The molecule has 2 fully saturated rings. The second kappa shape index (κ2) is 6.41. The first-order valence-electron chi connectivity index (χ1n) is 5.86. The van der Waals surface area contributed by atoms with E-state index in [0.717, 1.165) is 11.8 Å². The van der Waals surface area contributed by atoms with E-state index in [-0.39, 0.29) is 7.43 Å². The summed E-state index contributed by atoms with van der Waals surface area (Å²) in [5, 5.41) is 6.88. The second-order valence-corrected chi connectivity index (χ2v) is 4.62. The molecule has 0 spiro atoms. The molecule has 2 heterocycles. The first-order chi connectivity index (χ1) is 6.45. The molecule has 0 unspecified atom stereocenters. The number of piperidine rings is 2. The Labute approximate surface area is 88.8 Å². The highest BCUT2D eigenvalue weighted by molar-refractivity contribution is 4.75. The van der Waals surface area contributed by atoms with Crippen LogP contribution in [0, 0.1) is 11.8 Å². The maximum atomic E-state index is 3.44. The summed E-state index contributed by atoms with van der Waals surface area (Å²) in [5.41, 5.74) is 0. The zero-order valence-electron chi connectivity index (χ0n) is 8.52. The zero-order chi connectivity index (χ0) is 8.93. The van der Waals surface area contributed by atoms with Crippen LogP contribution in [0.5, 0.6) is 0 Å². The molecule has 2 nitrogen and oxygen atoms in total. The fourth-order valence-corrected chi connectivity index (χ4v) is 2.71. The molecule has 2 saturated heterocycles. The first-order valence-corrected chi connectivity index (χ1v) is 5.86. The molecule has 2 N–H and O–H groups in total. The lowest BCUT2D eigenvalue weighted by Crippen LogP contribution is -2.32. The minimum atomic E-state index is 0. The van der Waals surface area contributed by atoms with Gasteiger partial charge in [-0.05, 0) is 70.1 Å². The first kappa shape index (κ1) is 12.0. The standard InChI is InChI=1S/C11H22N2.CH4/c1-5-12-6-2-10(1)9-11-3-7-13-8-4-11;/h10-13H,1-9H2;1H4. The predicted molar refractivity (Wildman–Crippen MR) is 62.5 cm³/mol. The van der Waals surface area contributed by atoms with Gasteiger partial charge in [0.25, 0.3) is 0 Å². The van der Waals surface area contributed by atoms with Crippen molar-refractivity contribution in [3.8, 4) is 0 Å². The van der Waals surface area contributed by atoms with Crippen LogP contribution in [-0.2, 0) is 0 Å². The summed E-state index contributed by atoms with van der Waals surface area (Å²) in [5.74, 6) is 2.06. The van der Waals surface area contributed by atoms with Gasteiger partial charge in [0.2, 0.25) is 0 Å². The minimum absolute atomic E-state index is 0. The van der Waals surface area contributed by atoms with Crippen molar-refractivity contribution >= 4 is 0 Å². The third-order valence-corrected chi connectivity index (χ3v) is 3.58. The van der Waals surface area contributed by atoms with Gasteiger partial charge < -0.3 is 10.6 Å². The molecule has 0 saturated carbocycles. The molecule has 0 amide bonds. The van der Waals surface area contributed by atoms with Gasteiger partial charge in [0.05, 0.1) is 0 Å². The second-order valence-electron chi connectivity index (χ2n) is 4.62. The molecule has 84 valence electrons. The third kappa shape index (κ3) is 3.58. The van der Waals surface area contributed by atoms with Gasteiger partial charge in [0.15, 0.2) is 0 Å². The average Bonchev–Trinajstić information content (AvgIpc) is 2.21. The fraction of sp³-hybridized carbons (Fsp3) is 1.00. The maximum absolute atomic E-state index is 3.44. The Bertz CT molecular complexity index is 119. The highest BCUT2D eigenvalue weighted by Crippen LogP contribution is 2.26. The normalized spacial score (nSPS) is 25.7. The van der Waals surface area contributed by atoms with Gasteiger partial charge in [-0.2, -0.15) is 0 Å². The van der Waals surface area contributed by atoms with E-state index >= 15 is 0 Å². The van der Waals surface area contributed by atoms with Crippen LogP contribution >= 0.6 is 0 Å². The summed E-state index contributed by atoms with van der Waals surface area (Å²) in [6, 6.07) is 0. The monoisotopic (exact) mass is 198 g/mol. The lowest BCUT2D eigenvalue weighted by molar-refractivity contribution is 0.259. The van der Waals surface area contributed by atoms with E-state index in [1.165, 1.54) is 58.3 Å². The quantitative estimate of drug-likeness (QED) is 0.709. The van der Waals surface area contributed by atoms with Gasteiger partial charge in [0, 0.05) is 0 Å². The van der Waals surface area contributed by atoms with Gasteiger partial charge in [-0.3, -0.25) is 0 Å². The summed E-state index contributed by atoms with van der Waals surface area (Å²) in [4.78, 5) is 0. The molecule has 0 atom stereocenters. The molecular formula is C12H26N2. The van der Waals surface area contributed by atoms with E-state index in [1.807, 2.05) is 0 Å². The van der Waals surface area contributed by atoms with Gasteiger partial charge in [-0.15, -0.1) is 0 Å². The van der Waals surface area contributed by atoms with E-state index in [0.29, 0.717) is 0 Å². The van der Waals surface area contributed by atoms with Crippen molar-refractivity contribution < 1.29 is 0 Å². The highest BCUT2D eigenvalue weighted by atomic mass is 14.9. The van der Waals surface area contributed by atoms with E-state index in [4.69, 9.17) is 0 Å². The molecule has 0 aromatic carbocycles. The van der Waals surface area contributed by atoms with Gasteiger partial charge >= 0.3 is 0 Å². The van der Waals surface area contributed by atoms with E-state index < -0.39 is 0 Å². The topological polar surface area (TPSA) is 24.1 Å². The Morgan fingerprint density at radius 1 is 0.714 bits per heavy atom. The average molecular weight is 198 g/mol. The largest absolute Gasteiger partial charge is 0.317 e. The Morgan fingerprint density at radius 2 is 1.07 bits per heavy atom. The molecule has 0 aromatic heterocycles. The van der Waals surface area contributed by atoms with Crippen LogP contribution in [-0.4, -0.2) is 26.2 Å². The smallest absolute Gasteiger partial charge is 0.00463 e. The van der Waals surface area contributed by atoms with Crippen molar-refractivity contribution in [2.75, 3.05) is 26.2 Å². The van der Waals surface area contributed by atoms with Crippen LogP contribution in [0.25, 0.3) is 0 Å². The summed E-state index contributed by atoms with van der Waals surface area (Å²) in [6.07, 6.45) is 7.19. The van der Waals surface area contributed by atoms with Crippen LogP contribution in [0.2, 0.25) is 0 Å². The van der Waals surface area contributed by atoms with Gasteiger partial charge in [0.1, 0.15) is 0 Å². The minimum Gasteiger partial charge on any atom is -0.317 e. The van der Waals surface area contributed by atoms with E-state index in [9.17, 15) is 0 Å². The lowest BCUT2D eigenvalue weighted by atomic mass is 9.83. The molecule has 2 aliphatic rings. The van der Waals surface area contributed by atoms with Crippen molar-refractivity contribution in [1.82, 2.24) is 10.6 Å². The van der Waals surface area contributed by atoms with E-state index in [2.05, 4.69) is 10.6 Å². The van der Waals surface area contributed by atoms with Crippen molar-refractivity contribution in [1.29, 1.82) is 0 Å². The zero-order valence-corrected chi connectivity index (χ0v) is 8.52. The lowest BCUT2D eigenvalue weighted by Gasteiger charge is -2.29. The highest BCUT2D eigenvalue weighted by Gasteiger charge is 2.19. The van der Waals surface area contributed by atoms with Crippen molar-refractivity contribution in [3.63, 3.8) is 0 Å². The Kier molecular flexibility index (Phi) is 5.49. The molecule has 2 aliphatic heterocycles. The van der Waals surface area contributed by atoms with Crippen molar-refractivity contribution in [2.45, 2.75) is 39.5 Å². The summed E-state index contributed by atoms with van der Waals surface area (Å²) < 4.78 is 0. The SMILES string of the molecule is C.C1CC(CC2CCNCC2)CCN1. The Morgan fingerprint density at radius 3 is 1.43 bits per heavy atom. The molecule has 14 heavy (non-hydrogen) atoms. The molecule has 0 aliphatic carbocycles. The fourth-order valence-electron chi connectivity index (χ4n) is 2.71. The third-order valence-electron chi connectivity index (χ3n) is 3.58. The van der Waals surface area contributed by atoms with E-state index in [1.54, 1.807) is 0 Å². The predicted octanol–water partition coefficient (Wildman–Crippen LogP) is 2.01. The number of hydrogen-bond donors (Lipinski definition) is 2. The van der Waals surface area contributed by atoms with Gasteiger partial charge in [-0.25, -0.2) is 0 Å². The Hall–Kier alpha value is -0.0800. The van der Waals surface area contributed by atoms with Crippen molar-refractivity contribution in [2.24, 2.45) is 11.8 Å². The summed E-state index contributed by atoms with van der Waals surface area (Å²) >= 11 is 0. The van der Waals surface area contributed by atoms with Crippen LogP contribution < -0.4 is 10.6 Å². The van der Waals surface area contributed by atoms with Crippen LogP contribution in [0.3, 0.4) is 0 Å². The molecule has 0 radical (unpaired) electrons. The van der Waals surface area contributed by atoms with Crippen LogP contribution in [0.15, 0.2) is 0 Å². The number of rotatable bonds is 2. The van der Waals surface area contributed by atoms with Crippen LogP contribution in [0.4, 0.5) is 0 Å². The van der Waals surface area contributed by atoms with Crippen molar-refractivity contribution in [3.05, 3.63) is 0 Å². The van der Waals surface area contributed by atoms with Crippen LogP contribution in [0.1, 0.15) is 39.5 Å². The summed E-state index contributed by atoms with van der Waals surface area (Å²) in [7, 11) is 0. The van der Waals surface area contributed by atoms with Gasteiger partial charge in [-0.1, -0.05) is 7.43 Å². The maximum Gasteiger partial charge on any atom is -0.00463 e. The number of hydrogen-bond acceptors (Lipinski definition) is 2. The molecule has 2 heteroatoms. The molecule has 0 aromatic rings.